The highest BCUT2D eigenvalue weighted by Gasteiger charge is 2.14. The summed E-state index contributed by atoms with van der Waals surface area (Å²) >= 11 is 3.24. The number of carboxylic acids is 1. The predicted molar refractivity (Wildman–Crippen MR) is 58.3 cm³/mol. The van der Waals surface area contributed by atoms with Crippen LogP contribution >= 0.6 is 15.9 Å². The first-order chi connectivity index (χ1) is 7.58. The van der Waals surface area contributed by atoms with Gasteiger partial charge in [-0.1, -0.05) is 21.1 Å². The average Bonchev–Trinajstić information content (AvgIpc) is 2.70. The lowest BCUT2D eigenvalue weighted by molar-refractivity contribution is 0.0686. The Kier molecular flexibility index (Phi) is 2.66. The van der Waals surface area contributed by atoms with Crippen LogP contribution in [0.4, 0.5) is 0 Å². The van der Waals surface area contributed by atoms with Gasteiger partial charge in [0.2, 0.25) is 0 Å². The van der Waals surface area contributed by atoms with E-state index in [0.29, 0.717) is 5.56 Å². The summed E-state index contributed by atoms with van der Waals surface area (Å²) in [6.07, 6.45) is 0. The normalized spacial score (nSPS) is 10.3. The minimum atomic E-state index is -1.18. The molecule has 16 heavy (non-hydrogen) atoms. The second-order valence-electron chi connectivity index (χ2n) is 3.04. The molecule has 5 nitrogen and oxygen atoms in total. The van der Waals surface area contributed by atoms with Gasteiger partial charge in [-0.05, 0) is 18.2 Å². The van der Waals surface area contributed by atoms with Crippen LogP contribution in [0, 0.1) is 0 Å². The van der Waals surface area contributed by atoms with Gasteiger partial charge in [-0.3, -0.25) is 0 Å². The van der Waals surface area contributed by atoms with E-state index in [2.05, 4.69) is 21.1 Å². The lowest BCUT2D eigenvalue weighted by atomic mass is 10.1. The van der Waals surface area contributed by atoms with Gasteiger partial charge >= 0.3 is 5.97 Å². The van der Waals surface area contributed by atoms with Crippen LogP contribution in [0.15, 0.2) is 33.3 Å². The topological polar surface area (TPSA) is 83.6 Å². The third kappa shape index (κ3) is 1.92. The number of phenolic OH excluding ortho intramolecular Hbond substituents is 1. The van der Waals surface area contributed by atoms with Crippen molar-refractivity contribution in [3.05, 3.63) is 34.4 Å². The lowest BCUT2D eigenvalue weighted by Gasteiger charge is -1.99. The summed E-state index contributed by atoms with van der Waals surface area (Å²) in [5.74, 6) is -0.975. The van der Waals surface area contributed by atoms with Gasteiger partial charge in [0.05, 0.1) is 5.56 Å². The number of carboxylic acid groups (broad SMARTS) is 1. The Labute approximate surface area is 98.4 Å². The van der Waals surface area contributed by atoms with Gasteiger partial charge in [0.25, 0.3) is 0 Å². The maximum absolute atomic E-state index is 10.6. The SMILES string of the molecule is O=C(O)c1cc(-c2cc(Br)ccc2O)on1. The summed E-state index contributed by atoms with van der Waals surface area (Å²) in [6.45, 7) is 0. The molecule has 0 unspecified atom stereocenters. The number of hydrogen-bond acceptors (Lipinski definition) is 4. The number of nitrogens with zero attached hydrogens (tertiary/aromatic N) is 1. The molecule has 0 saturated heterocycles. The van der Waals surface area contributed by atoms with Crippen molar-refractivity contribution in [1.82, 2.24) is 5.16 Å². The van der Waals surface area contributed by atoms with E-state index < -0.39 is 5.97 Å². The number of aromatic hydroxyl groups is 1. The van der Waals surface area contributed by atoms with Gasteiger partial charge in [-0.25, -0.2) is 4.79 Å². The van der Waals surface area contributed by atoms with Crippen LogP contribution in [-0.2, 0) is 0 Å². The molecule has 0 aliphatic heterocycles. The summed E-state index contributed by atoms with van der Waals surface area (Å²) in [4.78, 5) is 10.6. The molecule has 0 saturated carbocycles. The van der Waals surface area contributed by atoms with E-state index in [0.717, 1.165) is 4.47 Å². The molecule has 1 aromatic heterocycles. The molecule has 1 aromatic carbocycles. The Morgan fingerprint density at radius 1 is 1.38 bits per heavy atom. The van der Waals surface area contributed by atoms with E-state index in [4.69, 9.17) is 9.63 Å². The number of rotatable bonds is 2. The molecule has 2 rings (SSSR count). The van der Waals surface area contributed by atoms with Gasteiger partial charge < -0.3 is 14.7 Å². The Morgan fingerprint density at radius 3 is 2.75 bits per heavy atom. The molecule has 2 N–H and O–H groups in total. The van der Waals surface area contributed by atoms with E-state index in [9.17, 15) is 9.90 Å². The smallest absolute Gasteiger partial charge is 0.358 e. The first-order valence-corrected chi connectivity index (χ1v) is 5.06. The largest absolute Gasteiger partial charge is 0.507 e. The van der Waals surface area contributed by atoms with E-state index in [-0.39, 0.29) is 17.2 Å². The van der Waals surface area contributed by atoms with E-state index in [1.807, 2.05) is 0 Å². The first-order valence-electron chi connectivity index (χ1n) is 4.27. The third-order valence-corrected chi connectivity index (χ3v) is 2.45. The predicted octanol–water partition coefficient (Wildman–Crippen LogP) is 2.51. The summed E-state index contributed by atoms with van der Waals surface area (Å²) in [6, 6.07) is 6.00. The highest BCUT2D eigenvalue weighted by atomic mass is 79.9. The molecule has 0 bridgehead atoms. The summed E-state index contributed by atoms with van der Waals surface area (Å²) in [5.41, 5.74) is 0.184. The molecular weight excluding hydrogens is 278 g/mol. The van der Waals surface area contributed by atoms with Crippen molar-refractivity contribution in [1.29, 1.82) is 0 Å². The molecule has 0 fully saturated rings. The monoisotopic (exact) mass is 283 g/mol. The number of benzene rings is 1. The van der Waals surface area contributed by atoms with Crippen LogP contribution in [0.5, 0.6) is 5.75 Å². The Hall–Kier alpha value is -1.82. The maximum atomic E-state index is 10.6. The molecule has 0 spiro atoms. The van der Waals surface area contributed by atoms with Gasteiger partial charge in [0.15, 0.2) is 11.5 Å². The van der Waals surface area contributed by atoms with Crippen LogP contribution in [-0.4, -0.2) is 21.3 Å². The number of carbonyl (C=O) groups is 1. The average molecular weight is 284 g/mol. The molecule has 1 heterocycles. The van der Waals surface area contributed by atoms with Crippen LogP contribution in [0.3, 0.4) is 0 Å². The number of halogens is 1. The number of phenols is 1. The fraction of sp³-hybridized carbons (Fsp3) is 0. The Morgan fingerprint density at radius 2 is 2.12 bits per heavy atom. The molecule has 6 heteroatoms. The van der Waals surface area contributed by atoms with Crippen LogP contribution in [0.25, 0.3) is 11.3 Å². The van der Waals surface area contributed by atoms with Crippen molar-refractivity contribution in [2.24, 2.45) is 0 Å². The van der Waals surface area contributed by atoms with E-state index in [1.165, 1.54) is 12.1 Å². The second-order valence-corrected chi connectivity index (χ2v) is 3.96. The molecule has 0 aliphatic carbocycles. The van der Waals surface area contributed by atoms with Crippen LogP contribution in [0.2, 0.25) is 0 Å². The Bertz CT molecular complexity index is 550. The van der Waals surface area contributed by atoms with E-state index >= 15 is 0 Å². The molecule has 2 aromatic rings. The van der Waals surface area contributed by atoms with Gasteiger partial charge in [-0.2, -0.15) is 0 Å². The van der Waals surface area contributed by atoms with Gasteiger partial charge in [0, 0.05) is 10.5 Å². The fourth-order valence-electron chi connectivity index (χ4n) is 1.21. The zero-order chi connectivity index (χ0) is 11.7. The number of hydrogen-bond donors (Lipinski definition) is 2. The van der Waals surface area contributed by atoms with Crippen molar-refractivity contribution in [2.45, 2.75) is 0 Å². The lowest BCUT2D eigenvalue weighted by Crippen LogP contribution is -1.94. The minimum Gasteiger partial charge on any atom is -0.507 e. The molecular formula is C10H6BrNO4. The Balaban J connectivity index is 2.50. The standard InChI is InChI=1S/C10H6BrNO4/c11-5-1-2-8(13)6(3-5)9-4-7(10(14)15)12-16-9/h1-4,13H,(H,14,15). The summed E-state index contributed by atoms with van der Waals surface area (Å²) in [5, 5.41) is 21.6. The van der Waals surface area contributed by atoms with Gasteiger partial charge in [-0.15, -0.1) is 0 Å². The van der Waals surface area contributed by atoms with Crippen molar-refractivity contribution in [3.8, 4) is 17.1 Å². The molecule has 0 radical (unpaired) electrons. The van der Waals surface area contributed by atoms with Gasteiger partial charge in [0.1, 0.15) is 5.75 Å². The summed E-state index contributed by atoms with van der Waals surface area (Å²) in [7, 11) is 0. The molecule has 0 amide bonds. The quantitative estimate of drug-likeness (QED) is 0.885. The van der Waals surface area contributed by atoms with Crippen molar-refractivity contribution >= 4 is 21.9 Å². The second kappa shape index (κ2) is 3.97. The van der Waals surface area contributed by atoms with Crippen molar-refractivity contribution in [3.63, 3.8) is 0 Å². The molecule has 0 atom stereocenters. The third-order valence-electron chi connectivity index (χ3n) is 1.95. The van der Waals surface area contributed by atoms with Crippen LogP contribution < -0.4 is 0 Å². The van der Waals surface area contributed by atoms with Crippen molar-refractivity contribution < 1.29 is 19.5 Å². The highest BCUT2D eigenvalue weighted by molar-refractivity contribution is 9.10. The molecule has 0 aliphatic rings. The first kappa shape index (κ1) is 10.7. The molecule has 82 valence electrons. The van der Waals surface area contributed by atoms with Crippen LogP contribution in [0.1, 0.15) is 10.5 Å². The maximum Gasteiger partial charge on any atom is 0.358 e. The highest BCUT2D eigenvalue weighted by Crippen LogP contribution is 2.32. The minimum absolute atomic E-state index is 0.00344. The number of aromatic carboxylic acids is 1. The zero-order valence-corrected chi connectivity index (χ0v) is 9.43. The van der Waals surface area contributed by atoms with E-state index in [1.54, 1.807) is 12.1 Å². The number of aromatic nitrogens is 1. The fourth-order valence-corrected chi connectivity index (χ4v) is 1.57. The van der Waals surface area contributed by atoms with Crippen molar-refractivity contribution in [2.75, 3.05) is 0 Å². The summed E-state index contributed by atoms with van der Waals surface area (Å²) < 4.78 is 5.58. The zero-order valence-electron chi connectivity index (χ0n) is 7.85.